The van der Waals surface area contributed by atoms with Crippen LogP contribution in [0.3, 0.4) is 0 Å². The quantitative estimate of drug-likeness (QED) is 0.118. The summed E-state index contributed by atoms with van der Waals surface area (Å²) in [6, 6.07) is 22.0. The van der Waals surface area contributed by atoms with Crippen molar-refractivity contribution in [1.82, 2.24) is 15.0 Å². The van der Waals surface area contributed by atoms with Gasteiger partial charge in [0, 0.05) is 73.0 Å². The van der Waals surface area contributed by atoms with Gasteiger partial charge in [-0.2, -0.15) is 0 Å². The van der Waals surface area contributed by atoms with E-state index < -0.39 is 107 Å². The maximum Gasteiger partial charge on any atom is 0 e. The number of furan rings is 1. The zero-order valence-electron chi connectivity index (χ0n) is 53.1. The molecule has 1 radical (unpaired) electrons. The van der Waals surface area contributed by atoms with Gasteiger partial charge in [-0.05, 0) is 47.6 Å². The molecular formula is C45H55GeIrN3O-2. The van der Waals surface area contributed by atoms with E-state index in [4.69, 9.17) is 37.3 Å². The normalized spacial score (nSPS) is 21.7. The Hall–Kier alpha value is -3.12. The first-order chi connectivity index (χ1) is 33.1. The fourth-order valence-corrected chi connectivity index (χ4v) is 8.18. The second-order valence-corrected chi connectivity index (χ2v) is 24.5. The third kappa shape index (κ3) is 9.47. The second-order valence-electron chi connectivity index (χ2n) is 13.9. The minimum Gasteiger partial charge on any atom is 0 e. The minimum atomic E-state index is -4.06. The fraction of sp³-hybridized carbons (Fsp3) is 0.400. The summed E-state index contributed by atoms with van der Waals surface area (Å²) in [5.74, 6) is 6.86. The molecule has 4 aromatic heterocycles. The van der Waals surface area contributed by atoms with Crippen LogP contribution in [0.5, 0.6) is 0 Å². The number of pyridine rings is 3. The number of hydrogen-bond acceptors (Lipinski definition) is 4. The van der Waals surface area contributed by atoms with Crippen LogP contribution in [0.15, 0.2) is 83.5 Å². The summed E-state index contributed by atoms with van der Waals surface area (Å²) >= 11 is -2.24. The van der Waals surface area contributed by atoms with E-state index in [1.807, 2.05) is 57.3 Å². The van der Waals surface area contributed by atoms with E-state index in [1.165, 1.54) is 18.2 Å². The van der Waals surface area contributed by atoms with Gasteiger partial charge in [0.1, 0.15) is 0 Å². The summed E-state index contributed by atoms with van der Waals surface area (Å²) in [4.78, 5) is 12.8. The molecule has 0 aliphatic carbocycles. The molecule has 0 bridgehead atoms. The average molecular weight is 943 g/mol. The summed E-state index contributed by atoms with van der Waals surface area (Å²) in [5, 5.41) is 0.301. The molecule has 6 rings (SSSR count). The number of fused-ring (bicyclic) bond motifs is 3. The van der Waals surface area contributed by atoms with Gasteiger partial charge in [-0.15, -0.1) is 18.2 Å². The molecule has 0 aliphatic heterocycles. The first-order valence-electron chi connectivity index (χ1n) is 27.8. The van der Waals surface area contributed by atoms with Crippen LogP contribution in [0.2, 0.25) is 17.3 Å². The van der Waals surface area contributed by atoms with E-state index in [1.54, 1.807) is 0 Å². The van der Waals surface area contributed by atoms with Crippen LogP contribution in [0.25, 0.3) is 44.6 Å². The molecule has 4 heterocycles. The minimum absolute atomic E-state index is 0. The summed E-state index contributed by atoms with van der Waals surface area (Å²) in [6.07, 6.45) is -6.74. The summed E-state index contributed by atoms with van der Waals surface area (Å²) < 4.78 is 203. The standard InChI is InChI=1S/C26H29N2O.C19H26GeN.Ir/c1-7-26(6,8-2)17-14-15-27-21(16-17)20-11-9-10-18-19-12-13-22(25(3,4)5)28-24(19)29-23(18)20;1-19(2,3)13-16-12-18(15-10-8-7-9-11-15)21-14-17(16)20(4,5)6;/h9-10,12-16H,7-8H2,1-6H3;7-10,12,14H,13H2,1-6H3;/q2*-1;/i1D3,2D3,3D3,4D3,5D3,6D3,7D2,8D2;13D2;. The first-order valence-corrected chi connectivity index (χ1v) is 23.1. The van der Waals surface area contributed by atoms with E-state index in [2.05, 4.69) is 44.4 Å². The molecule has 0 spiro atoms. The van der Waals surface area contributed by atoms with Gasteiger partial charge in [0.15, 0.2) is 0 Å². The van der Waals surface area contributed by atoms with E-state index >= 15 is 0 Å². The van der Waals surface area contributed by atoms with Crippen LogP contribution in [-0.4, -0.2) is 28.2 Å². The molecule has 0 N–H and O–H groups in total. The third-order valence-electron chi connectivity index (χ3n) is 7.71. The summed E-state index contributed by atoms with van der Waals surface area (Å²) in [6.45, 7) is -16.7. The Kier molecular flexibility index (Phi) is 5.84. The molecule has 6 aromatic rings. The molecule has 0 atom stereocenters. The van der Waals surface area contributed by atoms with Gasteiger partial charge in [0.2, 0.25) is 5.71 Å². The van der Waals surface area contributed by atoms with Crippen molar-refractivity contribution in [3.8, 4) is 22.5 Å². The van der Waals surface area contributed by atoms with Gasteiger partial charge in [-0.3, -0.25) is 0 Å². The van der Waals surface area contributed by atoms with Crippen molar-refractivity contribution in [3.63, 3.8) is 0 Å². The largest absolute Gasteiger partial charge is 0 e. The Balaban J connectivity index is 0.000000423. The van der Waals surface area contributed by atoms with Crippen molar-refractivity contribution in [3.05, 3.63) is 108 Å². The number of hydrogen-bond donors (Lipinski definition) is 0. The SMILES string of the molecule is [2H]C([2H])([2H])C([2H])([2H])C(c1ccnc(-c2[c-]ccc3c2oc2nc(C(C([2H])([2H])[2H])(C([2H])([2H])[2H])C([2H])([2H])[2H])ccc23)c1)(C([2H])([2H])[2H])C([2H])([2H])C([2H])([2H])[2H].[2H]C([2H])(c1cc(-c2[c-]cccc2)nc[c]1[Ge]([CH3])([CH3])[CH3])C(C)(C)C.[Ir]. The monoisotopic (exact) mass is 944 g/mol. The molecule has 271 valence electrons. The predicted octanol–water partition coefficient (Wildman–Crippen LogP) is 11.9. The van der Waals surface area contributed by atoms with Crippen molar-refractivity contribution in [2.45, 2.75) is 109 Å². The third-order valence-corrected chi connectivity index (χ3v) is 11.9. The fourth-order valence-electron chi connectivity index (χ4n) is 5.26. The topological polar surface area (TPSA) is 51.8 Å². The van der Waals surface area contributed by atoms with Crippen molar-refractivity contribution in [2.75, 3.05) is 0 Å². The van der Waals surface area contributed by atoms with E-state index in [0.717, 1.165) is 45.6 Å². The van der Waals surface area contributed by atoms with Gasteiger partial charge in [-0.25, -0.2) is 4.98 Å². The molecule has 4 nitrogen and oxygen atoms in total. The number of aromatic nitrogens is 3. The molecule has 2 aromatic carbocycles. The smallest absolute Gasteiger partial charge is 0 e. The first kappa shape index (κ1) is 18.8. The maximum absolute atomic E-state index is 8.76. The van der Waals surface area contributed by atoms with Crippen molar-refractivity contribution in [2.24, 2.45) is 5.41 Å². The Morgan fingerprint density at radius 2 is 1.63 bits per heavy atom. The molecule has 0 aliphatic rings. The van der Waals surface area contributed by atoms with Gasteiger partial charge in [-0.1, -0.05) is 58.1 Å². The Bertz CT molecular complexity index is 2930. The summed E-state index contributed by atoms with van der Waals surface area (Å²) in [5.41, 5.74) is -8.20. The van der Waals surface area contributed by atoms with Crippen molar-refractivity contribution >= 4 is 39.7 Å². The molecule has 0 fully saturated rings. The second kappa shape index (κ2) is 15.9. The van der Waals surface area contributed by atoms with Crippen LogP contribution < -0.4 is 4.40 Å². The predicted molar refractivity (Wildman–Crippen MR) is 215 cm³/mol. The zero-order valence-corrected chi connectivity index (χ0v) is 33.6. The maximum atomic E-state index is 8.76. The van der Waals surface area contributed by atoms with E-state index in [9.17, 15) is 0 Å². The van der Waals surface area contributed by atoms with Gasteiger partial charge >= 0.3 is 135 Å². The van der Waals surface area contributed by atoms with Crippen molar-refractivity contribution in [1.29, 1.82) is 0 Å². The Morgan fingerprint density at radius 1 is 0.843 bits per heavy atom. The van der Waals surface area contributed by atoms with Gasteiger partial charge in [0.25, 0.3) is 0 Å². The van der Waals surface area contributed by atoms with Crippen molar-refractivity contribution < 1.29 is 57.4 Å². The number of rotatable bonds is 7. The van der Waals surface area contributed by atoms with Crippen LogP contribution >= 0.6 is 0 Å². The van der Waals surface area contributed by atoms with Gasteiger partial charge < -0.3 is 9.40 Å². The molecule has 0 amide bonds. The number of benzene rings is 2. The molecule has 0 saturated carbocycles. The summed E-state index contributed by atoms with van der Waals surface area (Å²) in [7, 11) is 0. The van der Waals surface area contributed by atoms with E-state index in [-0.39, 0.29) is 47.7 Å². The number of nitrogens with zero attached hydrogens (tertiary/aromatic N) is 3. The Labute approximate surface area is 356 Å². The van der Waals surface area contributed by atoms with Crippen LogP contribution in [-0.2, 0) is 37.3 Å². The van der Waals surface area contributed by atoms with Crippen LogP contribution in [0, 0.1) is 17.5 Å². The molecular weight excluding hydrogens is 863 g/mol. The molecule has 0 saturated heterocycles. The van der Waals surface area contributed by atoms with E-state index in [0.29, 0.717) is 0 Å². The Morgan fingerprint density at radius 3 is 2.27 bits per heavy atom. The van der Waals surface area contributed by atoms with Crippen LogP contribution in [0.1, 0.15) is 124 Å². The average Bonchev–Trinajstić information content (AvgIpc) is 3.59. The zero-order chi connectivity index (χ0) is 56.9. The van der Waals surface area contributed by atoms with Crippen LogP contribution in [0.4, 0.5) is 0 Å². The molecule has 6 heteroatoms. The molecule has 51 heavy (non-hydrogen) atoms. The molecule has 0 unspecified atom stereocenters. The van der Waals surface area contributed by atoms with Gasteiger partial charge in [0.05, 0.1) is 5.58 Å².